The van der Waals surface area contributed by atoms with Gasteiger partial charge in [-0.3, -0.25) is 0 Å². The minimum absolute atomic E-state index is 0.00907. The van der Waals surface area contributed by atoms with E-state index in [0.29, 0.717) is 47.3 Å². The lowest BCUT2D eigenvalue weighted by molar-refractivity contribution is -0.111. The third-order valence-corrected chi connectivity index (χ3v) is 26.5. The van der Waals surface area contributed by atoms with Gasteiger partial charge < -0.3 is 19.7 Å². The lowest BCUT2D eigenvalue weighted by Gasteiger charge is -2.60. The van der Waals surface area contributed by atoms with Crippen LogP contribution in [0.1, 0.15) is 255 Å². The van der Waals surface area contributed by atoms with E-state index in [1.54, 1.807) is 103 Å². The molecule has 14 atom stereocenters. The van der Waals surface area contributed by atoms with E-state index in [1.165, 1.54) is 83.5 Å². The fourth-order valence-electron chi connectivity index (χ4n) is 21.5. The highest BCUT2D eigenvalue weighted by Crippen LogP contribution is 2.63. The quantitative estimate of drug-likeness (QED) is 0.143. The second kappa shape index (κ2) is 31.1. The second-order valence-corrected chi connectivity index (χ2v) is 31.7. The lowest BCUT2D eigenvalue weighted by Crippen LogP contribution is -2.53. The summed E-state index contributed by atoms with van der Waals surface area (Å²) in [6, 6.07) is 39.1. The zero-order valence-corrected chi connectivity index (χ0v) is 57.9. The highest BCUT2D eigenvalue weighted by Gasteiger charge is 2.55. The Bertz CT molecular complexity index is 3260. The van der Waals surface area contributed by atoms with Crippen LogP contribution in [-0.2, 0) is 9.47 Å². The standard InChI is InChI=1S/C38H28N2O4.C33H56.2C8H16/c41-35-29(37-39-31(21-43-37)23-11-3-1-4-12-23)19-25-15-7-9-17-27(25)33(35)34-28-18-10-8-16-26(28)20-30(36(34)42)38-40-32(22-44-38)24-13-5-2-6-14-24;1-21-16-17-27(18-21)31-20-26-13-7-9-15-29(26)33(23(31)3)32-22(2)30(24-10-4-5-11-24)19-25-12-6-8-14-28(25)32;2*1-2-8-6-4-3-5-7-8/h1-20,31-32,41-42H,21-22H2;21-33H,4-20H2,1-3H3;2*8H,2-7H2,1H3/t31-,32-;21?,22?,23-,25?,26?,27+,28?,29?,30?,31?,32?,33?;;/m10../s1. The summed E-state index contributed by atoms with van der Waals surface area (Å²) >= 11 is 0. The molecule has 6 heteroatoms. The van der Waals surface area contributed by atoms with Crippen molar-refractivity contribution in [3.63, 3.8) is 0 Å². The summed E-state index contributed by atoms with van der Waals surface area (Å²) in [5.41, 5.74) is 4.05. The summed E-state index contributed by atoms with van der Waals surface area (Å²) < 4.78 is 12.2. The maximum absolute atomic E-state index is 12.1. The van der Waals surface area contributed by atoms with Crippen LogP contribution in [-0.4, -0.2) is 35.2 Å². The van der Waals surface area contributed by atoms with E-state index in [2.05, 4.69) is 34.6 Å². The van der Waals surface area contributed by atoms with Crippen LogP contribution >= 0.6 is 0 Å². The predicted octanol–water partition coefficient (Wildman–Crippen LogP) is 23.8. The molecule has 10 unspecified atom stereocenters. The van der Waals surface area contributed by atoms with Gasteiger partial charge in [0.1, 0.15) is 36.8 Å². The average Bonchev–Trinajstić information content (AvgIpc) is 1.41. The molecule has 6 aromatic carbocycles. The highest BCUT2D eigenvalue weighted by atomic mass is 16.5. The van der Waals surface area contributed by atoms with E-state index in [0.717, 1.165) is 121 Å². The number of aromatic hydroxyl groups is 2. The molecule has 0 bridgehead atoms. The summed E-state index contributed by atoms with van der Waals surface area (Å²) in [7, 11) is 0. The van der Waals surface area contributed by atoms with Crippen molar-refractivity contribution in [2.45, 2.75) is 233 Å². The molecule has 6 aromatic rings. The first-order chi connectivity index (χ1) is 45.6. The van der Waals surface area contributed by atoms with Crippen molar-refractivity contribution < 1.29 is 19.7 Å². The Hall–Kier alpha value is -5.62. The molecule has 8 aliphatic carbocycles. The zero-order chi connectivity index (χ0) is 63.8. The molecule has 2 heterocycles. The Labute approximate surface area is 561 Å². The molecule has 93 heavy (non-hydrogen) atoms. The van der Waals surface area contributed by atoms with Gasteiger partial charge >= 0.3 is 0 Å². The molecule has 8 saturated carbocycles. The first-order valence-electron chi connectivity index (χ1n) is 38.6. The number of aliphatic imine (C=N–C) groups is 2. The van der Waals surface area contributed by atoms with Gasteiger partial charge in [-0.25, -0.2) is 9.98 Å². The van der Waals surface area contributed by atoms with E-state index < -0.39 is 0 Å². The molecule has 2 aliphatic heterocycles. The van der Waals surface area contributed by atoms with Crippen molar-refractivity contribution in [2.75, 3.05) is 13.2 Å². The first kappa shape index (κ1) is 66.0. The number of benzene rings is 6. The summed E-state index contributed by atoms with van der Waals surface area (Å²) in [6.45, 7) is 13.6. The minimum Gasteiger partial charge on any atom is -0.506 e. The fourth-order valence-corrected chi connectivity index (χ4v) is 21.5. The number of fused-ring (bicyclic) bond motifs is 4. The molecule has 8 fully saturated rings. The fraction of sp³-hybridized carbons (Fsp3) is 0.609. The Morgan fingerprint density at radius 2 is 0.763 bits per heavy atom. The van der Waals surface area contributed by atoms with E-state index in [9.17, 15) is 10.2 Å². The monoisotopic (exact) mass is 1250 g/mol. The van der Waals surface area contributed by atoms with Gasteiger partial charge in [0.15, 0.2) is 0 Å². The van der Waals surface area contributed by atoms with Gasteiger partial charge in [-0.05, 0) is 172 Å². The largest absolute Gasteiger partial charge is 0.506 e. The Morgan fingerprint density at radius 3 is 1.17 bits per heavy atom. The van der Waals surface area contributed by atoms with Crippen LogP contribution in [0.4, 0.5) is 0 Å². The van der Waals surface area contributed by atoms with Crippen LogP contribution in [0, 0.1) is 88.8 Å². The van der Waals surface area contributed by atoms with Crippen molar-refractivity contribution in [1.82, 2.24) is 0 Å². The number of hydrogen-bond acceptors (Lipinski definition) is 6. The summed E-state index contributed by atoms with van der Waals surface area (Å²) in [5, 5.41) is 27.5. The number of ether oxygens (including phenoxy) is 2. The molecular formula is C87H116N2O4. The molecule has 0 aromatic heterocycles. The number of phenolic OH excluding ortho intramolecular Hbond substituents is 2. The lowest BCUT2D eigenvalue weighted by atomic mass is 9.45. The zero-order valence-electron chi connectivity index (χ0n) is 57.9. The van der Waals surface area contributed by atoms with E-state index >= 15 is 0 Å². The average molecular weight is 1250 g/mol. The normalized spacial score (nSPS) is 31.5. The minimum atomic E-state index is -0.173. The molecule has 0 radical (unpaired) electrons. The topological polar surface area (TPSA) is 83.6 Å². The molecule has 2 N–H and O–H groups in total. The van der Waals surface area contributed by atoms with Crippen LogP contribution in [0.25, 0.3) is 32.7 Å². The Balaban J connectivity index is 0.000000140. The van der Waals surface area contributed by atoms with Crippen LogP contribution in [0.3, 0.4) is 0 Å². The number of nitrogens with zero attached hydrogens (tertiary/aromatic N) is 2. The van der Waals surface area contributed by atoms with Crippen LogP contribution in [0.5, 0.6) is 11.5 Å². The third-order valence-electron chi connectivity index (χ3n) is 26.5. The van der Waals surface area contributed by atoms with Gasteiger partial charge in [-0.1, -0.05) is 291 Å². The van der Waals surface area contributed by atoms with Gasteiger partial charge in [0, 0.05) is 11.1 Å². The maximum atomic E-state index is 12.1. The van der Waals surface area contributed by atoms with Crippen molar-refractivity contribution in [1.29, 1.82) is 0 Å². The van der Waals surface area contributed by atoms with Gasteiger partial charge in [-0.15, -0.1) is 0 Å². The summed E-state index contributed by atoms with van der Waals surface area (Å²) in [5.74, 6) is 16.8. The highest BCUT2D eigenvalue weighted by molar-refractivity contribution is 6.16. The van der Waals surface area contributed by atoms with Gasteiger partial charge in [0.25, 0.3) is 0 Å². The third kappa shape index (κ3) is 14.7. The number of rotatable bonds is 10. The van der Waals surface area contributed by atoms with Crippen molar-refractivity contribution in [3.05, 3.63) is 144 Å². The van der Waals surface area contributed by atoms with Crippen molar-refractivity contribution in [2.24, 2.45) is 98.8 Å². The predicted molar refractivity (Wildman–Crippen MR) is 388 cm³/mol. The number of phenols is 2. The van der Waals surface area contributed by atoms with Gasteiger partial charge in [0.2, 0.25) is 11.8 Å². The molecule has 0 saturated heterocycles. The number of hydrogen-bond donors (Lipinski definition) is 2. The molecule has 498 valence electrons. The van der Waals surface area contributed by atoms with E-state index in [4.69, 9.17) is 19.5 Å². The second-order valence-electron chi connectivity index (χ2n) is 31.7. The van der Waals surface area contributed by atoms with E-state index in [1.807, 2.05) is 121 Å². The van der Waals surface area contributed by atoms with Crippen molar-refractivity contribution >= 4 is 33.3 Å². The van der Waals surface area contributed by atoms with Crippen LogP contribution in [0.15, 0.2) is 131 Å². The first-order valence-corrected chi connectivity index (χ1v) is 38.6. The maximum Gasteiger partial charge on any atom is 0.220 e. The molecule has 0 spiro atoms. The molecular weight excluding hydrogens is 1140 g/mol. The summed E-state index contributed by atoms with van der Waals surface area (Å²) in [6.07, 6.45) is 44.6. The summed E-state index contributed by atoms with van der Waals surface area (Å²) in [4.78, 5) is 9.73. The smallest absolute Gasteiger partial charge is 0.220 e. The van der Waals surface area contributed by atoms with Gasteiger partial charge in [0.05, 0.1) is 11.1 Å². The van der Waals surface area contributed by atoms with Crippen LogP contribution < -0.4 is 0 Å². The molecule has 16 rings (SSSR count). The molecule has 10 aliphatic rings. The SMILES string of the molecule is CC1CC[C@@H](C2CC3CCCCC3C(C3C(C)C(C4CCCC4)CC4CCCCC43)[C@H]2C)C1.CCC1CCCCC1.CCC1CCCCC1.Oc1c(C2=N[C@@H](c3ccccc3)CO2)cc2ccccc2c1-c1c(O)c(C2=N[C@@H](c3ccccc3)CO2)cc2ccccc12. The van der Waals surface area contributed by atoms with Crippen LogP contribution in [0.2, 0.25) is 0 Å². The molecule has 6 nitrogen and oxygen atoms in total. The Kier molecular flexibility index (Phi) is 22.0. The Morgan fingerprint density at radius 1 is 0.387 bits per heavy atom. The molecule has 0 amide bonds. The van der Waals surface area contributed by atoms with E-state index in [-0.39, 0.29) is 23.6 Å². The van der Waals surface area contributed by atoms with Crippen molar-refractivity contribution in [3.8, 4) is 22.6 Å². The van der Waals surface area contributed by atoms with Gasteiger partial charge in [-0.2, -0.15) is 0 Å².